The molecule has 1 atom stereocenters. The van der Waals surface area contributed by atoms with Crippen LogP contribution in [0.15, 0.2) is 27.4 Å². The fourth-order valence-electron chi connectivity index (χ4n) is 4.58. The lowest BCUT2D eigenvalue weighted by Crippen LogP contribution is -2.51. The van der Waals surface area contributed by atoms with Crippen molar-refractivity contribution >= 4 is 16.9 Å². The molecule has 2 aromatic rings. The molecule has 2 aliphatic rings. The normalized spacial score (nSPS) is 17.7. The zero-order valence-corrected chi connectivity index (χ0v) is 18.1. The predicted octanol–water partition coefficient (Wildman–Crippen LogP) is 2.89. The van der Waals surface area contributed by atoms with Crippen molar-refractivity contribution in [3.63, 3.8) is 0 Å². The van der Waals surface area contributed by atoms with Gasteiger partial charge in [-0.15, -0.1) is 0 Å². The van der Waals surface area contributed by atoms with Crippen molar-refractivity contribution in [1.82, 2.24) is 9.80 Å². The van der Waals surface area contributed by atoms with Crippen LogP contribution in [-0.2, 0) is 17.6 Å². The van der Waals surface area contributed by atoms with Gasteiger partial charge >= 0.3 is 5.63 Å². The number of hydrogen-bond donors (Lipinski definition) is 0. The number of ether oxygens (including phenoxy) is 1. The molecule has 0 radical (unpaired) electrons. The maximum atomic E-state index is 12.8. The topological polar surface area (TPSA) is 86.8 Å². The van der Waals surface area contributed by atoms with E-state index in [9.17, 15) is 9.59 Å². The highest BCUT2D eigenvalue weighted by atomic mass is 16.5. The summed E-state index contributed by atoms with van der Waals surface area (Å²) in [6.45, 7) is 5.62. The third kappa shape index (κ3) is 4.75. The molecule has 2 heterocycles. The molecular formula is C24H29N3O4. The lowest BCUT2D eigenvalue weighted by Gasteiger charge is -2.35. The lowest BCUT2D eigenvalue weighted by molar-refractivity contribution is -0.139. The number of unbranched alkanes of at least 4 members (excludes halogenated alkanes) is 1. The summed E-state index contributed by atoms with van der Waals surface area (Å²) >= 11 is 0. The van der Waals surface area contributed by atoms with Crippen LogP contribution in [0.1, 0.15) is 43.7 Å². The van der Waals surface area contributed by atoms with Crippen LogP contribution >= 0.6 is 0 Å². The van der Waals surface area contributed by atoms with Crippen molar-refractivity contribution in [1.29, 1.82) is 5.26 Å². The summed E-state index contributed by atoms with van der Waals surface area (Å²) in [7, 11) is 0. The van der Waals surface area contributed by atoms with Gasteiger partial charge in [-0.25, -0.2) is 4.79 Å². The number of nitrogens with zero attached hydrogens (tertiary/aromatic N) is 3. The number of benzene rings is 1. The van der Waals surface area contributed by atoms with Crippen molar-refractivity contribution in [3.05, 3.63) is 39.7 Å². The molecule has 0 spiro atoms. The molecule has 7 nitrogen and oxygen atoms in total. The molecule has 1 aliphatic carbocycles. The Hall–Kier alpha value is -2.85. The second kappa shape index (κ2) is 9.52. The van der Waals surface area contributed by atoms with Crippen LogP contribution in [0.25, 0.3) is 11.0 Å². The number of carbonyl (C=O) groups is 1. The number of hydrogen-bond acceptors (Lipinski definition) is 6. The fourth-order valence-corrected chi connectivity index (χ4v) is 4.58. The fraction of sp³-hybridized carbons (Fsp3) is 0.542. The van der Waals surface area contributed by atoms with Gasteiger partial charge in [0.25, 0.3) is 5.91 Å². The first-order valence-electron chi connectivity index (χ1n) is 11.2. The lowest BCUT2D eigenvalue weighted by atomic mass is 9.91. The number of nitriles is 1. The van der Waals surface area contributed by atoms with Crippen LogP contribution in [0.4, 0.5) is 0 Å². The molecule has 0 N–H and O–H groups in total. The third-order valence-electron chi connectivity index (χ3n) is 6.30. The van der Waals surface area contributed by atoms with E-state index in [1.54, 1.807) is 13.0 Å². The average Bonchev–Trinajstić information content (AvgIpc) is 2.79. The molecule has 0 saturated carbocycles. The highest BCUT2D eigenvalue weighted by Gasteiger charge is 2.26. The Balaban J connectivity index is 1.39. The van der Waals surface area contributed by atoms with Crippen LogP contribution in [0.5, 0.6) is 5.75 Å². The van der Waals surface area contributed by atoms with Gasteiger partial charge in [0.1, 0.15) is 11.3 Å². The van der Waals surface area contributed by atoms with Crippen molar-refractivity contribution in [2.75, 3.05) is 32.7 Å². The molecule has 1 saturated heterocycles. The highest BCUT2D eigenvalue weighted by Crippen LogP contribution is 2.29. The Morgan fingerprint density at radius 3 is 2.68 bits per heavy atom. The quantitative estimate of drug-likeness (QED) is 0.525. The molecule has 1 aromatic heterocycles. The van der Waals surface area contributed by atoms with Gasteiger partial charge in [0.2, 0.25) is 0 Å². The van der Waals surface area contributed by atoms with Crippen molar-refractivity contribution in [2.24, 2.45) is 0 Å². The monoisotopic (exact) mass is 423 g/mol. The van der Waals surface area contributed by atoms with Gasteiger partial charge in [-0.05, 0) is 63.3 Å². The number of amides is 1. The molecule has 164 valence electrons. The minimum absolute atomic E-state index is 0.0383. The number of rotatable bonds is 6. The summed E-state index contributed by atoms with van der Waals surface area (Å²) in [6, 6.07) is 7.69. The Labute approximate surface area is 182 Å². The van der Waals surface area contributed by atoms with E-state index in [1.165, 1.54) is 0 Å². The molecule has 1 aromatic carbocycles. The van der Waals surface area contributed by atoms with Crippen molar-refractivity contribution in [2.45, 2.75) is 51.6 Å². The van der Waals surface area contributed by atoms with E-state index in [2.05, 4.69) is 11.0 Å². The minimum atomic E-state index is -0.619. The number of fused-ring (bicyclic) bond motifs is 3. The van der Waals surface area contributed by atoms with Gasteiger partial charge in [-0.1, -0.05) is 0 Å². The smallest absolute Gasteiger partial charge is 0.339 e. The molecule has 1 unspecified atom stereocenters. The first-order valence-corrected chi connectivity index (χ1v) is 11.2. The molecule has 1 fully saturated rings. The van der Waals surface area contributed by atoms with Crippen molar-refractivity contribution in [3.8, 4) is 11.8 Å². The Morgan fingerprint density at radius 2 is 1.94 bits per heavy atom. The minimum Gasteiger partial charge on any atom is -0.481 e. The maximum Gasteiger partial charge on any atom is 0.339 e. The van der Waals surface area contributed by atoms with E-state index in [1.807, 2.05) is 17.0 Å². The van der Waals surface area contributed by atoms with Crippen molar-refractivity contribution < 1.29 is 13.9 Å². The van der Waals surface area contributed by atoms with E-state index in [0.717, 1.165) is 68.3 Å². The molecule has 1 amide bonds. The predicted molar refractivity (Wildman–Crippen MR) is 117 cm³/mol. The van der Waals surface area contributed by atoms with Gasteiger partial charge < -0.3 is 14.1 Å². The van der Waals surface area contributed by atoms with Crippen LogP contribution in [0, 0.1) is 11.3 Å². The Kier molecular flexibility index (Phi) is 6.57. The zero-order valence-electron chi connectivity index (χ0n) is 18.1. The Bertz CT molecular complexity index is 1050. The van der Waals surface area contributed by atoms with Gasteiger partial charge in [-0.3, -0.25) is 9.69 Å². The maximum absolute atomic E-state index is 12.8. The molecule has 7 heteroatoms. The number of aryl methyl sites for hydroxylation is 1. The van der Waals surface area contributed by atoms with E-state index in [4.69, 9.17) is 14.4 Å². The summed E-state index contributed by atoms with van der Waals surface area (Å²) in [5.41, 5.74) is 2.17. The van der Waals surface area contributed by atoms with Crippen LogP contribution in [0.2, 0.25) is 0 Å². The van der Waals surface area contributed by atoms with Crippen LogP contribution in [0.3, 0.4) is 0 Å². The standard InChI is InChI=1S/C24H29N3O4/c1-17(23(28)27-14-12-26(13-15-27)11-5-4-10-25)30-18-8-9-20-19-6-2-3-7-21(19)24(29)31-22(20)16-18/h8-9,16-17H,2-7,11-15H2,1H3. The SMILES string of the molecule is CC(Oc1ccc2c3c(c(=O)oc2c1)CCCC3)C(=O)N1CCN(CCCC#N)CC1. The summed E-state index contributed by atoms with van der Waals surface area (Å²) in [4.78, 5) is 29.3. The average molecular weight is 424 g/mol. The molecule has 0 bridgehead atoms. The van der Waals surface area contributed by atoms with Gasteiger partial charge in [0.05, 0.1) is 6.07 Å². The van der Waals surface area contributed by atoms with Crippen LogP contribution in [-0.4, -0.2) is 54.5 Å². The molecule has 4 rings (SSSR count). The zero-order chi connectivity index (χ0) is 21.8. The number of carbonyl (C=O) groups excluding carboxylic acids is 1. The van der Waals surface area contributed by atoms with Gasteiger partial charge in [0, 0.05) is 49.6 Å². The van der Waals surface area contributed by atoms with E-state index < -0.39 is 6.10 Å². The largest absolute Gasteiger partial charge is 0.481 e. The number of piperazine rings is 1. The second-order valence-corrected chi connectivity index (χ2v) is 8.40. The highest BCUT2D eigenvalue weighted by molar-refractivity contribution is 5.84. The first kappa shape index (κ1) is 21.4. The van der Waals surface area contributed by atoms with E-state index in [-0.39, 0.29) is 11.5 Å². The second-order valence-electron chi connectivity index (χ2n) is 8.40. The van der Waals surface area contributed by atoms with Gasteiger partial charge in [-0.2, -0.15) is 5.26 Å². The summed E-state index contributed by atoms with van der Waals surface area (Å²) in [5.74, 6) is 0.492. The van der Waals surface area contributed by atoms with Gasteiger partial charge in [0.15, 0.2) is 6.10 Å². The summed E-state index contributed by atoms with van der Waals surface area (Å²) in [5, 5.41) is 9.63. The van der Waals surface area contributed by atoms with E-state index >= 15 is 0 Å². The summed E-state index contributed by atoms with van der Waals surface area (Å²) < 4.78 is 11.5. The third-order valence-corrected chi connectivity index (χ3v) is 6.30. The van der Waals surface area contributed by atoms with E-state index in [0.29, 0.717) is 30.8 Å². The molecule has 31 heavy (non-hydrogen) atoms. The molecular weight excluding hydrogens is 394 g/mol. The van der Waals surface area contributed by atoms with Crippen LogP contribution < -0.4 is 10.4 Å². The Morgan fingerprint density at radius 1 is 1.19 bits per heavy atom. The molecule has 1 aliphatic heterocycles. The summed E-state index contributed by atoms with van der Waals surface area (Å²) in [6.07, 6.45) is 4.60. The first-order chi connectivity index (χ1) is 15.1.